The number of ether oxygens (including phenoxy) is 1. The first-order chi connectivity index (χ1) is 13.7. The largest absolute Gasteiger partial charge is 0.496 e. The zero-order valence-corrected chi connectivity index (χ0v) is 15.7. The Morgan fingerprint density at radius 3 is 2.29 bits per heavy atom. The number of benzene rings is 3. The Morgan fingerprint density at radius 2 is 1.57 bits per heavy atom. The number of methoxy groups -OCH3 is 1. The van der Waals surface area contributed by atoms with Crippen molar-refractivity contribution in [3.8, 4) is 5.75 Å². The highest BCUT2D eigenvalue weighted by Gasteiger charge is 2.06. The molecule has 3 aromatic rings. The van der Waals surface area contributed by atoms with E-state index in [9.17, 15) is 9.18 Å². The van der Waals surface area contributed by atoms with Crippen LogP contribution < -0.4 is 15.4 Å². The summed E-state index contributed by atoms with van der Waals surface area (Å²) in [5.74, 6) is 0.393. The van der Waals surface area contributed by atoms with Crippen LogP contribution in [0.2, 0.25) is 0 Å². The van der Waals surface area contributed by atoms with Gasteiger partial charge in [0.25, 0.3) is 0 Å². The zero-order valence-electron chi connectivity index (χ0n) is 15.7. The minimum atomic E-state index is -0.312. The highest BCUT2D eigenvalue weighted by molar-refractivity contribution is 5.78. The van der Waals surface area contributed by atoms with Crippen molar-refractivity contribution in [2.75, 3.05) is 12.4 Å². The molecule has 5 heteroatoms. The van der Waals surface area contributed by atoms with E-state index < -0.39 is 0 Å². The van der Waals surface area contributed by atoms with Crippen LogP contribution in [0.3, 0.4) is 0 Å². The van der Waals surface area contributed by atoms with Crippen molar-refractivity contribution in [3.05, 3.63) is 95.3 Å². The van der Waals surface area contributed by atoms with Crippen LogP contribution in [0.1, 0.15) is 16.7 Å². The molecule has 0 aromatic heterocycles. The summed E-state index contributed by atoms with van der Waals surface area (Å²) in [7, 11) is 1.66. The average molecular weight is 378 g/mol. The van der Waals surface area contributed by atoms with Gasteiger partial charge >= 0.3 is 0 Å². The summed E-state index contributed by atoms with van der Waals surface area (Å²) in [6.45, 7) is 0.830. The topological polar surface area (TPSA) is 50.4 Å². The zero-order chi connectivity index (χ0) is 19.8. The Bertz CT molecular complexity index is 926. The van der Waals surface area contributed by atoms with E-state index in [0.717, 1.165) is 22.6 Å². The Labute approximate surface area is 164 Å². The maximum atomic E-state index is 13.6. The Hall–Kier alpha value is -3.34. The Kier molecular flexibility index (Phi) is 6.63. The van der Waals surface area contributed by atoms with Crippen molar-refractivity contribution < 1.29 is 13.9 Å². The first-order valence-electron chi connectivity index (χ1n) is 9.10. The standard InChI is InChI=1S/C23H23FN2O2/c1-28-22-9-5-3-7-19(22)16-25-20-12-10-17(11-13-20)14-23(27)26-15-18-6-2-4-8-21(18)24/h2-13,25H,14-16H2,1H3,(H,26,27). The summed E-state index contributed by atoms with van der Waals surface area (Å²) in [6, 6.07) is 22.0. The second kappa shape index (κ2) is 9.55. The number of hydrogen-bond acceptors (Lipinski definition) is 3. The van der Waals surface area contributed by atoms with E-state index >= 15 is 0 Å². The van der Waals surface area contributed by atoms with Crippen molar-refractivity contribution >= 4 is 11.6 Å². The van der Waals surface area contributed by atoms with E-state index in [0.29, 0.717) is 12.1 Å². The molecule has 3 rings (SSSR count). The molecule has 4 nitrogen and oxygen atoms in total. The van der Waals surface area contributed by atoms with E-state index in [-0.39, 0.29) is 24.7 Å². The monoisotopic (exact) mass is 378 g/mol. The molecule has 0 unspecified atom stereocenters. The Morgan fingerprint density at radius 1 is 0.893 bits per heavy atom. The smallest absolute Gasteiger partial charge is 0.224 e. The minimum Gasteiger partial charge on any atom is -0.496 e. The number of carbonyl (C=O) groups excluding carboxylic acids is 1. The lowest BCUT2D eigenvalue weighted by molar-refractivity contribution is -0.120. The van der Waals surface area contributed by atoms with Gasteiger partial charge in [-0.1, -0.05) is 48.5 Å². The lowest BCUT2D eigenvalue weighted by Gasteiger charge is -2.11. The maximum absolute atomic E-state index is 13.6. The van der Waals surface area contributed by atoms with Crippen molar-refractivity contribution in [2.45, 2.75) is 19.5 Å². The number of amides is 1. The van der Waals surface area contributed by atoms with Gasteiger partial charge in [0.05, 0.1) is 13.5 Å². The van der Waals surface area contributed by atoms with Crippen LogP contribution >= 0.6 is 0 Å². The molecule has 0 aliphatic carbocycles. The van der Waals surface area contributed by atoms with Gasteiger partial charge < -0.3 is 15.4 Å². The minimum absolute atomic E-state index is 0.141. The molecule has 0 fully saturated rings. The molecule has 2 N–H and O–H groups in total. The number of halogens is 1. The van der Waals surface area contributed by atoms with Crippen LogP contribution in [0, 0.1) is 5.82 Å². The SMILES string of the molecule is COc1ccccc1CNc1ccc(CC(=O)NCc2ccccc2F)cc1. The number of anilines is 1. The fourth-order valence-corrected chi connectivity index (χ4v) is 2.87. The van der Waals surface area contributed by atoms with Crippen molar-refractivity contribution in [3.63, 3.8) is 0 Å². The third kappa shape index (κ3) is 5.33. The molecule has 0 saturated heterocycles. The maximum Gasteiger partial charge on any atom is 0.224 e. The average Bonchev–Trinajstić information content (AvgIpc) is 2.73. The second-order valence-corrected chi connectivity index (χ2v) is 6.41. The van der Waals surface area contributed by atoms with E-state index in [1.807, 2.05) is 48.5 Å². The molecule has 0 heterocycles. The summed E-state index contributed by atoms with van der Waals surface area (Å²) in [5, 5.41) is 6.10. The highest BCUT2D eigenvalue weighted by Crippen LogP contribution is 2.19. The number of hydrogen-bond donors (Lipinski definition) is 2. The molecule has 144 valence electrons. The first kappa shape index (κ1) is 19.4. The van der Waals surface area contributed by atoms with E-state index in [1.54, 1.807) is 25.3 Å². The molecule has 0 radical (unpaired) electrons. The van der Waals surface area contributed by atoms with Gasteiger partial charge in [0, 0.05) is 29.9 Å². The number of carbonyl (C=O) groups is 1. The third-order valence-corrected chi connectivity index (χ3v) is 4.43. The lowest BCUT2D eigenvalue weighted by atomic mass is 10.1. The van der Waals surface area contributed by atoms with Crippen molar-refractivity contribution in [1.29, 1.82) is 0 Å². The van der Waals surface area contributed by atoms with Gasteiger partial charge in [-0.15, -0.1) is 0 Å². The van der Waals surface area contributed by atoms with Crippen LogP contribution in [0.5, 0.6) is 5.75 Å². The van der Waals surface area contributed by atoms with Gasteiger partial charge in [0.15, 0.2) is 0 Å². The number of nitrogens with one attached hydrogen (secondary N) is 2. The molecular weight excluding hydrogens is 355 g/mol. The summed E-state index contributed by atoms with van der Waals surface area (Å²) in [6.07, 6.45) is 0.251. The molecule has 0 bridgehead atoms. The number of rotatable bonds is 8. The van der Waals surface area contributed by atoms with Crippen LogP contribution in [0.4, 0.5) is 10.1 Å². The van der Waals surface area contributed by atoms with Gasteiger partial charge in [-0.25, -0.2) is 4.39 Å². The van der Waals surface area contributed by atoms with E-state index in [4.69, 9.17) is 4.74 Å². The molecule has 28 heavy (non-hydrogen) atoms. The quantitative estimate of drug-likeness (QED) is 0.614. The van der Waals surface area contributed by atoms with Gasteiger partial charge in [-0.2, -0.15) is 0 Å². The van der Waals surface area contributed by atoms with Gasteiger partial charge in [0.1, 0.15) is 11.6 Å². The molecule has 0 aliphatic heterocycles. The third-order valence-electron chi connectivity index (χ3n) is 4.43. The van der Waals surface area contributed by atoms with Crippen LogP contribution in [-0.4, -0.2) is 13.0 Å². The molecule has 3 aromatic carbocycles. The Balaban J connectivity index is 1.50. The predicted molar refractivity (Wildman–Crippen MR) is 109 cm³/mol. The summed E-state index contributed by atoms with van der Waals surface area (Å²) in [5.41, 5.74) is 3.41. The van der Waals surface area contributed by atoms with Gasteiger partial charge in [-0.3, -0.25) is 4.79 Å². The van der Waals surface area contributed by atoms with Crippen molar-refractivity contribution in [1.82, 2.24) is 5.32 Å². The van der Waals surface area contributed by atoms with Crippen LogP contribution in [-0.2, 0) is 24.3 Å². The van der Waals surface area contributed by atoms with E-state index in [1.165, 1.54) is 6.07 Å². The molecule has 1 amide bonds. The molecular formula is C23H23FN2O2. The number of para-hydroxylation sites is 1. The summed E-state index contributed by atoms with van der Waals surface area (Å²) in [4.78, 5) is 12.1. The van der Waals surface area contributed by atoms with Gasteiger partial charge in [0.2, 0.25) is 5.91 Å². The molecule has 0 saturated carbocycles. The van der Waals surface area contributed by atoms with Crippen molar-refractivity contribution in [2.24, 2.45) is 0 Å². The van der Waals surface area contributed by atoms with Crippen LogP contribution in [0.15, 0.2) is 72.8 Å². The fraction of sp³-hybridized carbons (Fsp3) is 0.174. The van der Waals surface area contributed by atoms with Crippen LogP contribution in [0.25, 0.3) is 0 Å². The molecule has 0 spiro atoms. The first-order valence-corrected chi connectivity index (χ1v) is 9.10. The fourth-order valence-electron chi connectivity index (χ4n) is 2.87. The summed E-state index contributed by atoms with van der Waals surface area (Å²) < 4.78 is 18.9. The predicted octanol–water partition coefficient (Wildman–Crippen LogP) is 4.31. The van der Waals surface area contributed by atoms with Gasteiger partial charge in [-0.05, 0) is 29.8 Å². The molecule has 0 aliphatic rings. The summed E-state index contributed by atoms with van der Waals surface area (Å²) >= 11 is 0. The normalized spacial score (nSPS) is 10.4. The second-order valence-electron chi connectivity index (χ2n) is 6.41. The molecule has 0 atom stereocenters. The highest BCUT2D eigenvalue weighted by atomic mass is 19.1. The lowest BCUT2D eigenvalue weighted by Crippen LogP contribution is -2.25. The van der Waals surface area contributed by atoms with E-state index in [2.05, 4.69) is 10.6 Å².